The molecule has 0 fully saturated rings. The number of nitrogens with one attached hydrogen (secondary N) is 1. The summed E-state index contributed by atoms with van der Waals surface area (Å²) in [6.45, 7) is 3.79. The van der Waals surface area contributed by atoms with Crippen molar-refractivity contribution in [1.29, 1.82) is 0 Å². The molecule has 5 aromatic rings. The fourth-order valence-corrected chi connectivity index (χ4v) is 4.37. The minimum Gasteiger partial charge on any atom is -0.289 e. The third-order valence-electron chi connectivity index (χ3n) is 4.85. The van der Waals surface area contributed by atoms with Crippen LogP contribution in [-0.2, 0) is 0 Å². The van der Waals surface area contributed by atoms with Crippen LogP contribution < -0.4 is 5.32 Å². The molecule has 0 spiro atoms. The highest BCUT2D eigenvalue weighted by Crippen LogP contribution is 2.33. The average molecular weight is 469 g/mol. The molecule has 0 atom stereocenters. The molecule has 10 heteroatoms. The van der Waals surface area contributed by atoms with Crippen molar-refractivity contribution in [3.63, 3.8) is 0 Å². The molecule has 0 saturated carbocycles. The van der Waals surface area contributed by atoms with Crippen LogP contribution in [0.1, 0.15) is 21.7 Å². The van der Waals surface area contributed by atoms with Gasteiger partial charge < -0.3 is 0 Å². The molecular weight excluding hydrogens is 455 g/mol. The third-order valence-corrected chi connectivity index (χ3v) is 6.23. The van der Waals surface area contributed by atoms with Crippen LogP contribution in [0.4, 0.5) is 5.95 Å². The van der Waals surface area contributed by atoms with Gasteiger partial charge in [-0.15, -0.1) is 16.4 Å². The first-order valence-electron chi connectivity index (χ1n) is 9.25. The van der Waals surface area contributed by atoms with Crippen molar-refractivity contribution in [2.24, 2.45) is 0 Å². The van der Waals surface area contributed by atoms with Crippen LogP contribution in [0, 0.1) is 13.8 Å². The lowest BCUT2D eigenvalue weighted by Crippen LogP contribution is -2.13. The van der Waals surface area contributed by atoms with E-state index in [0.717, 1.165) is 28.2 Å². The maximum Gasteiger partial charge on any atom is 0.258 e. The van der Waals surface area contributed by atoms with Crippen LogP contribution in [0.5, 0.6) is 0 Å². The molecule has 5 rings (SSSR count). The molecular formula is C21H14Cl2N6OS. The number of halogens is 2. The Bertz CT molecular complexity index is 1490. The SMILES string of the molecule is Cc1nc2ccc(C(=O)Nc3nc4scc(-c5cc(Cl)ccc5Cl)n4n3)cc2nc1C. The zero-order valence-corrected chi connectivity index (χ0v) is 18.7. The lowest BCUT2D eigenvalue weighted by molar-refractivity contribution is 0.102. The largest absolute Gasteiger partial charge is 0.289 e. The molecule has 31 heavy (non-hydrogen) atoms. The highest BCUT2D eigenvalue weighted by atomic mass is 35.5. The summed E-state index contributed by atoms with van der Waals surface area (Å²) in [5.41, 5.74) is 5.02. The predicted molar refractivity (Wildman–Crippen MR) is 123 cm³/mol. The second kappa shape index (κ2) is 7.56. The number of nitrogens with zero attached hydrogens (tertiary/aromatic N) is 5. The molecule has 1 amide bonds. The maximum absolute atomic E-state index is 12.8. The number of carbonyl (C=O) groups excluding carboxylic acids is 1. The summed E-state index contributed by atoms with van der Waals surface area (Å²) in [5, 5.41) is 10.2. The molecule has 154 valence electrons. The van der Waals surface area contributed by atoms with E-state index in [0.29, 0.717) is 26.1 Å². The van der Waals surface area contributed by atoms with Crippen molar-refractivity contribution in [3.8, 4) is 11.3 Å². The van der Waals surface area contributed by atoms with E-state index in [1.807, 2.05) is 19.2 Å². The Morgan fingerprint density at radius 1 is 1.00 bits per heavy atom. The van der Waals surface area contributed by atoms with Gasteiger partial charge in [-0.3, -0.25) is 10.1 Å². The minimum atomic E-state index is -0.331. The van der Waals surface area contributed by atoms with E-state index in [4.69, 9.17) is 23.2 Å². The number of fused-ring (bicyclic) bond motifs is 2. The first kappa shape index (κ1) is 19.9. The van der Waals surface area contributed by atoms with Crippen molar-refractivity contribution in [2.45, 2.75) is 13.8 Å². The van der Waals surface area contributed by atoms with Crippen molar-refractivity contribution in [3.05, 3.63) is 68.8 Å². The Morgan fingerprint density at radius 3 is 2.58 bits per heavy atom. The summed E-state index contributed by atoms with van der Waals surface area (Å²) < 4.78 is 1.63. The van der Waals surface area contributed by atoms with E-state index in [9.17, 15) is 4.79 Å². The second-order valence-electron chi connectivity index (χ2n) is 6.93. The summed E-state index contributed by atoms with van der Waals surface area (Å²) in [5.74, 6) is -0.134. The van der Waals surface area contributed by atoms with Gasteiger partial charge in [-0.05, 0) is 50.2 Å². The molecule has 3 aromatic heterocycles. The Balaban J connectivity index is 1.46. The van der Waals surface area contributed by atoms with Gasteiger partial charge in [-0.1, -0.05) is 23.2 Å². The minimum absolute atomic E-state index is 0.197. The molecule has 3 heterocycles. The van der Waals surface area contributed by atoms with Gasteiger partial charge in [0.15, 0.2) is 0 Å². The van der Waals surface area contributed by atoms with E-state index in [1.165, 1.54) is 11.3 Å². The van der Waals surface area contributed by atoms with Gasteiger partial charge in [0, 0.05) is 21.5 Å². The van der Waals surface area contributed by atoms with Crippen molar-refractivity contribution >= 4 is 62.4 Å². The maximum atomic E-state index is 12.8. The third kappa shape index (κ3) is 3.63. The van der Waals surface area contributed by atoms with Gasteiger partial charge in [0.05, 0.1) is 33.1 Å². The van der Waals surface area contributed by atoms with E-state index in [2.05, 4.69) is 25.4 Å². The smallest absolute Gasteiger partial charge is 0.258 e. The number of thiazole rings is 1. The van der Waals surface area contributed by atoms with Crippen molar-refractivity contribution in [2.75, 3.05) is 5.32 Å². The lowest BCUT2D eigenvalue weighted by atomic mass is 10.1. The molecule has 0 saturated heterocycles. The normalized spacial score (nSPS) is 11.4. The van der Waals surface area contributed by atoms with Crippen LogP contribution in [0.15, 0.2) is 41.8 Å². The number of anilines is 1. The Labute approximate surface area is 190 Å². The van der Waals surface area contributed by atoms with Crippen LogP contribution in [0.2, 0.25) is 10.0 Å². The zero-order chi connectivity index (χ0) is 21.7. The first-order chi connectivity index (χ1) is 14.9. The highest BCUT2D eigenvalue weighted by molar-refractivity contribution is 7.15. The summed E-state index contributed by atoms with van der Waals surface area (Å²) in [7, 11) is 0. The second-order valence-corrected chi connectivity index (χ2v) is 8.61. The quantitative estimate of drug-likeness (QED) is 0.373. The van der Waals surface area contributed by atoms with Gasteiger partial charge in [-0.2, -0.15) is 4.98 Å². The molecule has 0 aliphatic rings. The fraction of sp³-hybridized carbons (Fsp3) is 0.0952. The summed E-state index contributed by atoms with van der Waals surface area (Å²) in [4.78, 5) is 26.8. The van der Waals surface area contributed by atoms with Crippen molar-refractivity contribution in [1.82, 2.24) is 24.6 Å². The number of hydrogen-bond acceptors (Lipinski definition) is 6. The molecule has 0 aliphatic heterocycles. The molecule has 0 unspecified atom stereocenters. The standard InChI is InChI=1S/C21H14Cl2N6OS/c1-10-11(2)25-17-7-12(3-6-16(17)24-10)19(30)26-20-27-21-29(28-20)18(9-31-21)14-8-13(22)4-5-15(14)23/h3-9H,1-2H3,(H,26,28,30). The number of hydrogen-bond donors (Lipinski definition) is 1. The predicted octanol–water partition coefficient (Wildman–Crippen LogP) is 5.58. The lowest BCUT2D eigenvalue weighted by Gasteiger charge is -2.05. The van der Waals surface area contributed by atoms with E-state index >= 15 is 0 Å². The Hall–Kier alpha value is -3.07. The number of carbonyl (C=O) groups is 1. The van der Waals surface area contributed by atoms with Gasteiger partial charge in [-0.25, -0.2) is 14.5 Å². The molecule has 0 radical (unpaired) electrons. The van der Waals surface area contributed by atoms with E-state index in [-0.39, 0.29) is 11.9 Å². The van der Waals surface area contributed by atoms with Gasteiger partial charge in [0.1, 0.15) is 0 Å². The molecule has 0 aliphatic carbocycles. The zero-order valence-electron chi connectivity index (χ0n) is 16.3. The summed E-state index contributed by atoms with van der Waals surface area (Å²) >= 11 is 13.8. The molecule has 0 bridgehead atoms. The monoisotopic (exact) mass is 468 g/mol. The van der Waals surface area contributed by atoms with Crippen LogP contribution in [0.3, 0.4) is 0 Å². The number of rotatable bonds is 3. The fourth-order valence-electron chi connectivity index (χ4n) is 3.16. The number of benzene rings is 2. The Kier molecular flexibility index (Phi) is 4.85. The van der Waals surface area contributed by atoms with Crippen LogP contribution in [-0.4, -0.2) is 30.5 Å². The number of amides is 1. The molecule has 1 N–H and O–H groups in total. The van der Waals surface area contributed by atoms with Crippen LogP contribution in [0.25, 0.3) is 27.3 Å². The average Bonchev–Trinajstić information content (AvgIpc) is 3.30. The topological polar surface area (TPSA) is 85.1 Å². The van der Waals surface area contributed by atoms with E-state index in [1.54, 1.807) is 40.9 Å². The summed E-state index contributed by atoms with van der Waals surface area (Å²) in [6, 6.07) is 10.4. The van der Waals surface area contributed by atoms with Gasteiger partial charge in [0.2, 0.25) is 4.96 Å². The summed E-state index contributed by atoms with van der Waals surface area (Å²) in [6.07, 6.45) is 0. The first-order valence-corrected chi connectivity index (χ1v) is 10.9. The Morgan fingerprint density at radius 2 is 1.77 bits per heavy atom. The van der Waals surface area contributed by atoms with Crippen LogP contribution >= 0.6 is 34.5 Å². The van der Waals surface area contributed by atoms with E-state index < -0.39 is 0 Å². The molecule has 2 aromatic carbocycles. The van der Waals surface area contributed by atoms with Gasteiger partial charge in [0.25, 0.3) is 11.9 Å². The number of aryl methyl sites for hydroxylation is 2. The number of aromatic nitrogens is 5. The van der Waals surface area contributed by atoms with Gasteiger partial charge >= 0.3 is 0 Å². The molecule has 7 nitrogen and oxygen atoms in total. The van der Waals surface area contributed by atoms with Crippen molar-refractivity contribution < 1.29 is 4.79 Å². The highest BCUT2D eigenvalue weighted by Gasteiger charge is 2.17.